The molecule has 0 radical (unpaired) electrons. The number of benzene rings is 1. The number of methoxy groups -OCH3 is 2. The molecule has 0 spiro atoms. The van der Waals surface area contributed by atoms with Crippen molar-refractivity contribution in [3.63, 3.8) is 0 Å². The molecule has 0 aliphatic heterocycles. The van der Waals surface area contributed by atoms with Crippen LogP contribution >= 0.6 is 0 Å². The molecule has 0 atom stereocenters. The number of hydrogen-bond acceptors (Lipinski definition) is 5. The highest BCUT2D eigenvalue weighted by Crippen LogP contribution is 2.34. The summed E-state index contributed by atoms with van der Waals surface area (Å²) in [6.07, 6.45) is 6.82. The van der Waals surface area contributed by atoms with Crippen LogP contribution in [0.2, 0.25) is 0 Å². The first kappa shape index (κ1) is 18.5. The summed E-state index contributed by atoms with van der Waals surface area (Å²) < 4.78 is 12.6. The van der Waals surface area contributed by atoms with Crippen LogP contribution < -0.4 is 14.8 Å². The molecule has 3 aromatic heterocycles. The van der Waals surface area contributed by atoms with Crippen LogP contribution in [-0.4, -0.2) is 34.7 Å². The summed E-state index contributed by atoms with van der Waals surface area (Å²) in [5.74, 6) is 1.08. The lowest BCUT2D eigenvalue weighted by molar-refractivity contribution is 0.102. The van der Waals surface area contributed by atoms with Gasteiger partial charge in [0.05, 0.1) is 25.5 Å². The molecule has 1 aromatic carbocycles. The van der Waals surface area contributed by atoms with Crippen molar-refractivity contribution in [1.82, 2.24) is 14.5 Å². The molecule has 3 heterocycles. The Morgan fingerprint density at radius 2 is 1.86 bits per heavy atom. The highest BCUT2D eigenvalue weighted by atomic mass is 16.5. The molecule has 4 aromatic rings. The second kappa shape index (κ2) is 7.63. The minimum Gasteiger partial charge on any atom is -0.493 e. The van der Waals surface area contributed by atoms with Crippen LogP contribution in [-0.2, 0) is 7.05 Å². The topological polar surface area (TPSA) is 78.3 Å². The van der Waals surface area contributed by atoms with E-state index in [2.05, 4.69) is 15.3 Å². The Bertz CT molecular complexity index is 1190. The van der Waals surface area contributed by atoms with Crippen LogP contribution in [0.5, 0.6) is 11.5 Å². The van der Waals surface area contributed by atoms with E-state index in [0.717, 1.165) is 22.2 Å². The number of amides is 1. The quantitative estimate of drug-likeness (QED) is 0.561. The van der Waals surface area contributed by atoms with E-state index in [1.54, 1.807) is 38.7 Å². The number of nitrogens with one attached hydrogen (secondary N) is 1. The zero-order valence-corrected chi connectivity index (χ0v) is 16.3. The maximum Gasteiger partial charge on any atom is 0.257 e. The van der Waals surface area contributed by atoms with E-state index in [1.807, 2.05) is 42.1 Å². The van der Waals surface area contributed by atoms with Crippen molar-refractivity contribution in [2.45, 2.75) is 0 Å². The SMILES string of the molecule is COc1ccc(-c2cnc3c(c2)c(NC(=O)c2cccnc2)cn3C)cc1OC. The number of fused-ring (bicyclic) bond motifs is 1. The number of aromatic nitrogens is 3. The molecule has 1 amide bonds. The van der Waals surface area contributed by atoms with E-state index in [9.17, 15) is 4.79 Å². The third-order valence-corrected chi connectivity index (χ3v) is 4.70. The Labute approximate surface area is 167 Å². The van der Waals surface area contributed by atoms with Crippen LogP contribution in [0, 0.1) is 0 Å². The van der Waals surface area contributed by atoms with Crippen molar-refractivity contribution in [3.05, 3.63) is 66.7 Å². The van der Waals surface area contributed by atoms with Crippen molar-refractivity contribution < 1.29 is 14.3 Å². The molecule has 0 unspecified atom stereocenters. The van der Waals surface area contributed by atoms with Gasteiger partial charge in [-0.25, -0.2) is 4.98 Å². The summed E-state index contributed by atoms with van der Waals surface area (Å²) in [5, 5.41) is 3.80. The lowest BCUT2D eigenvalue weighted by atomic mass is 10.1. The van der Waals surface area contributed by atoms with Gasteiger partial charge in [0.2, 0.25) is 0 Å². The normalized spacial score (nSPS) is 10.7. The summed E-state index contributed by atoms with van der Waals surface area (Å²) in [5.41, 5.74) is 3.79. The molecule has 0 saturated carbocycles. The van der Waals surface area contributed by atoms with Gasteiger partial charge < -0.3 is 19.4 Å². The van der Waals surface area contributed by atoms with E-state index in [-0.39, 0.29) is 5.91 Å². The molecule has 0 aliphatic carbocycles. The molecule has 29 heavy (non-hydrogen) atoms. The molecular weight excluding hydrogens is 368 g/mol. The summed E-state index contributed by atoms with van der Waals surface area (Å²) in [6.45, 7) is 0. The summed E-state index contributed by atoms with van der Waals surface area (Å²) in [4.78, 5) is 21.1. The Kier molecular flexibility index (Phi) is 4.87. The molecule has 1 N–H and O–H groups in total. The van der Waals surface area contributed by atoms with Crippen molar-refractivity contribution in [2.75, 3.05) is 19.5 Å². The Balaban J connectivity index is 1.74. The van der Waals surface area contributed by atoms with Crippen LogP contribution in [0.25, 0.3) is 22.2 Å². The van der Waals surface area contributed by atoms with Gasteiger partial charge in [0.25, 0.3) is 5.91 Å². The van der Waals surface area contributed by atoms with Crippen LogP contribution in [0.1, 0.15) is 10.4 Å². The standard InChI is InChI=1S/C22H20N4O3/c1-26-13-18(25-22(27)15-5-4-8-23-11-15)17-9-16(12-24-21(17)26)14-6-7-19(28-2)20(10-14)29-3/h4-13H,1-3H3,(H,25,27). The fraction of sp³-hybridized carbons (Fsp3) is 0.136. The third kappa shape index (κ3) is 3.50. The number of nitrogens with zero attached hydrogens (tertiary/aromatic N) is 3. The average molecular weight is 388 g/mol. The van der Waals surface area contributed by atoms with Gasteiger partial charge in [-0.3, -0.25) is 9.78 Å². The van der Waals surface area contributed by atoms with Gasteiger partial charge in [0, 0.05) is 42.8 Å². The van der Waals surface area contributed by atoms with Crippen molar-refractivity contribution in [3.8, 4) is 22.6 Å². The highest BCUT2D eigenvalue weighted by Gasteiger charge is 2.14. The van der Waals surface area contributed by atoms with Gasteiger partial charge in [-0.1, -0.05) is 6.07 Å². The molecule has 7 heteroatoms. The average Bonchev–Trinajstić information content (AvgIpc) is 3.08. The van der Waals surface area contributed by atoms with E-state index in [0.29, 0.717) is 22.7 Å². The third-order valence-electron chi connectivity index (χ3n) is 4.70. The second-order valence-corrected chi connectivity index (χ2v) is 6.51. The van der Waals surface area contributed by atoms with Gasteiger partial charge in [-0.15, -0.1) is 0 Å². The van der Waals surface area contributed by atoms with E-state index >= 15 is 0 Å². The van der Waals surface area contributed by atoms with Crippen LogP contribution in [0.15, 0.2) is 61.2 Å². The monoisotopic (exact) mass is 388 g/mol. The maximum absolute atomic E-state index is 12.6. The molecule has 0 saturated heterocycles. The minimum absolute atomic E-state index is 0.220. The molecule has 0 aliphatic rings. The Morgan fingerprint density at radius 3 is 2.59 bits per heavy atom. The van der Waals surface area contributed by atoms with E-state index in [1.165, 1.54) is 6.20 Å². The molecule has 4 rings (SSSR count). The van der Waals surface area contributed by atoms with Crippen molar-refractivity contribution in [2.24, 2.45) is 7.05 Å². The first-order valence-electron chi connectivity index (χ1n) is 8.99. The van der Waals surface area contributed by atoms with Crippen LogP contribution in [0.3, 0.4) is 0 Å². The fourth-order valence-corrected chi connectivity index (χ4v) is 3.23. The lowest BCUT2D eigenvalue weighted by Gasteiger charge is -2.10. The lowest BCUT2D eigenvalue weighted by Crippen LogP contribution is -2.11. The van der Waals surface area contributed by atoms with Gasteiger partial charge >= 0.3 is 0 Å². The van der Waals surface area contributed by atoms with Gasteiger partial charge in [0.1, 0.15) is 5.65 Å². The zero-order valence-electron chi connectivity index (χ0n) is 16.3. The Hall–Kier alpha value is -3.87. The summed E-state index contributed by atoms with van der Waals surface area (Å²) >= 11 is 0. The van der Waals surface area contributed by atoms with Crippen LogP contribution in [0.4, 0.5) is 5.69 Å². The first-order chi connectivity index (χ1) is 14.1. The largest absolute Gasteiger partial charge is 0.493 e. The first-order valence-corrected chi connectivity index (χ1v) is 8.99. The number of pyridine rings is 2. The predicted molar refractivity (Wildman–Crippen MR) is 111 cm³/mol. The number of rotatable bonds is 5. The van der Waals surface area contributed by atoms with E-state index < -0.39 is 0 Å². The van der Waals surface area contributed by atoms with Crippen molar-refractivity contribution >= 4 is 22.6 Å². The Morgan fingerprint density at radius 1 is 1.03 bits per heavy atom. The minimum atomic E-state index is -0.220. The zero-order chi connectivity index (χ0) is 20.4. The van der Waals surface area contributed by atoms with E-state index in [4.69, 9.17) is 9.47 Å². The van der Waals surface area contributed by atoms with Gasteiger partial charge in [-0.05, 0) is 35.9 Å². The number of carbonyl (C=O) groups excluding carboxylic acids is 1. The fourth-order valence-electron chi connectivity index (χ4n) is 3.23. The molecule has 146 valence electrons. The highest BCUT2D eigenvalue weighted by molar-refractivity contribution is 6.09. The number of ether oxygens (including phenoxy) is 2. The smallest absolute Gasteiger partial charge is 0.257 e. The summed E-state index contributed by atoms with van der Waals surface area (Å²) in [6, 6.07) is 11.2. The molecular formula is C22H20N4O3. The summed E-state index contributed by atoms with van der Waals surface area (Å²) in [7, 11) is 5.10. The van der Waals surface area contributed by atoms with Gasteiger partial charge in [-0.2, -0.15) is 0 Å². The molecule has 0 bridgehead atoms. The number of carbonyl (C=O) groups is 1. The van der Waals surface area contributed by atoms with Crippen molar-refractivity contribution in [1.29, 1.82) is 0 Å². The predicted octanol–water partition coefficient (Wildman–Crippen LogP) is 3.90. The van der Waals surface area contributed by atoms with Gasteiger partial charge in [0.15, 0.2) is 11.5 Å². The molecule has 0 fully saturated rings. The maximum atomic E-state index is 12.6. The number of hydrogen-bond donors (Lipinski definition) is 1. The second-order valence-electron chi connectivity index (χ2n) is 6.51. The number of anilines is 1. The molecule has 7 nitrogen and oxygen atoms in total. The number of aryl methyl sites for hydroxylation is 1.